The second-order valence-electron chi connectivity index (χ2n) is 6.59. The molecule has 6 heteroatoms. The van der Waals surface area contributed by atoms with Gasteiger partial charge in [-0.15, -0.1) is 0 Å². The number of rotatable bonds is 5. The minimum absolute atomic E-state index is 0.0813. The van der Waals surface area contributed by atoms with Crippen molar-refractivity contribution in [2.45, 2.75) is 19.9 Å². The lowest BCUT2D eigenvalue weighted by Gasteiger charge is -2.24. The number of carbonyl (C=O) groups is 2. The molecule has 1 aromatic heterocycles. The van der Waals surface area contributed by atoms with E-state index in [2.05, 4.69) is 4.98 Å². The van der Waals surface area contributed by atoms with Crippen LogP contribution < -0.4 is 0 Å². The lowest BCUT2D eigenvalue weighted by molar-refractivity contribution is -0.140. The quantitative estimate of drug-likeness (QED) is 0.500. The summed E-state index contributed by atoms with van der Waals surface area (Å²) in [5, 5.41) is 11.0. The smallest absolute Gasteiger partial charge is 0.295 e. The third kappa shape index (κ3) is 3.48. The monoisotopic (exact) mass is 366 g/mol. The molecule has 140 valence electrons. The number of ketones is 1. The Bertz CT molecular complexity index is 906. The molecule has 6 nitrogen and oxygen atoms in total. The molecule has 2 heterocycles. The highest BCUT2D eigenvalue weighted by atomic mass is 16.5. The third-order valence-electron chi connectivity index (χ3n) is 4.72. The third-order valence-corrected chi connectivity index (χ3v) is 4.72. The Hall–Kier alpha value is -2.99. The summed E-state index contributed by atoms with van der Waals surface area (Å²) in [6.07, 6.45) is 3.22. The molecule has 0 bridgehead atoms. The summed E-state index contributed by atoms with van der Waals surface area (Å²) in [6, 6.07) is 8.46. The van der Waals surface area contributed by atoms with Gasteiger partial charge >= 0.3 is 0 Å². The molecule has 3 rings (SSSR count). The molecule has 1 amide bonds. The first-order valence-corrected chi connectivity index (χ1v) is 8.70. The van der Waals surface area contributed by atoms with Crippen LogP contribution in [0.2, 0.25) is 0 Å². The maximum Gasteiger partial charge on any atom is 0.295 e. The number of aromatic nitrogens is 1. The van der Waals surface area contributed by atoms with E-state index in [4.69, 9.17) is 4.74 Å². The van der Waals surface area contributed by atoms with E-state index >= 15 is 0 Å². The van der Waals surface area contributed by atoms with E-state index < -0.39 is 17.7 Å². The van der Waals surface area contributed by atoms with Crippen LogP contribution in [0, 0.1) is 13.8 Å². The van der Waals surface area contributed by atoms with Crippen molar-refractivity contribution in [3.8, 4) is 0 Å². The molecule has 1 aliphatic rings. The number of benzene rings is 1. The van der Waals surface area contributed by atoms with Gasteiger partial charge < -0.3 is 14.7 Å². The van der Waals surface area contributed by atoms with Crippen LogP contribution in [0.1, 0.15) is 28.3 Å². The topological polar surface area (TPSA) is 79.7 Å². The maximum absolute atomic E-state index is 12.8. The molecular formula is C21H22N2O4. The lowest BCUT2D eigenvalue weighted by atomic mass is 9.94. The summed E-state index contributed by atoms with van der Waals surface area (Å²) in [7, 11) is 1.53. The second-order valence-corrected chi connectivity index (χ2v) is 6.59. The van der Waals surface area contributed by atoms with Crippen molar-refractivity contribution in [1.82, 2.24) is 9.88 Å². The average Bonchev–Trinajstić information content (AvgIpc) is 2.93. The fourth-order valence-corrected chi connectivity index (χ4v) is 3.32. The Morgan fingerprint density at radius 3 is 2.70 bits per heavy atom. The fraction of sp³-hybridized carbons (Fsp3) is 0.286. The number of amides is 1. The normalized spacial score (nSPS) is 18.9. The zero-order valence-corrected chi connectivity index (χ0v) is 15.6. The number of likely N-dealkylation sites (tertiary alicyclic amines) is 1. The number of hydrogen-bond donors (Lipinski definition) is 1. The molecule has 0 aliphatic carbocycles. The van der Waals surface area contributed by atoms with Crippen molar-refractivity contribution in [3.63, 3.8) is 0 Å². The highest BCUT2D eigenvalue weighted by Crippen LogP contribution is 2.39. The van der Waals surface area contributed by atoms with Crippen LogP contribution in [0.5, 0.6) is 0 Å². The lowest BCUT2D eigenvalue weighted by Crippen LogP contribution is -2.32. The summed E-state index contributed by atoms with van der Waals surface area (Å²) in [4.78, 5) is 31.0. The van der Waals surface area contributed by atoms with Crippen molar-refractivity contribution in [1.29, 1.82) is 0 Å². The Balaban J connectivity index is 2.20. The highest BCUT2D eigenvalue weighted by molar-refractivity contribution is 6.46. The van der Waals surface area contributed by atoms with Crippen LogP contribution in [0.25, 0.3) is 5.76 Å². The molecule has 1 fully saturated rings. The number of methoxy groups -OCH3 is 1. The molecule has 2 aromatic rings. The van der Waals surface area contributed by atoms with Gasteiger partial charge in [-0.05, 0) is 37.1 Å². The summed E-state index contributed by atoms with van der Waals surface area (Å²) >= 11 is 0. The largest absolute Gasteiger partial charge is 0.507 e. The zero-order chi connectivity index (χ0) is 19.6. The summed E-state index contributed by atoms with van der Waals surface area (Å²) in [5.74, 6) is -1.51. The molecule has 0 spiro atoms. The Labute approximate surface area is 158 Å². The van der Waals surface area contributed by atoms with Crippen LogP contribution >= 0.6 is 0 Å². The van der Waals surface area contributed by atoms with Crippen molar-refractivity contribution < 1.29 is 19.4 Å². The Morgan fingerprint density at radius 1 is 1.26 bits per heavy atom. The predicted molar refractivity (Wildman–Crippen MR) is 101 cm³/mol. The van der Waals surface area contributed by atoms with E-state index in [1.165, 1.54) is 12.0 Å². The number of nitrogens with zero attached hydrogens (tertiary/aromatic N) is 2. The first-order chi connectivity index (χ1) is 13.0. The number of aryl methyl sites for hydroxylation is 2. The number of aliphatic hydroxyl groups excluding tert-OH is 1. The van der Waals surface area contributed by atoms with Crippen molar-refractivity contribution in [2.24, 2.45) is 0 Å². The SMILES string of the molecule is COCCN1C(=O)C(=O)C(=C(O)c2cc(C)ccc2C)[C@@H]1c1cccnc1. The molecule has 1 N–H and O–H groups in total. The molecule has 27 heavy (non-hydrogen) atoms. The van der Waals surface area contributed by atoms with Crippen LogP contribution in [-0.4, -0.2) is 46.9 Å². The second kappa shape index (κ2) is 7.72. The summed E-state index contributed by atoms with van der Waals surface area (Å²) in [6.45, 7) is 4.29. The van der Waals surface area contributed by atoms with E-state index in [1.54, 1.807) is 24.5 Å². The van der Waals surface area contributed by atoms with Crippen LogP contribution in [0.15, 0.2) is 48.3 Å². The maximum atomic E-state index is 12.8. The van der Waals surface area contributed by atoms with Gasteiger partial charge in [0.2, 0.25) is 0 Å². The van der Waals surface area contributed by atoms with Gasteiger partial charge in [0.05, 0.1) is 18.2 Å². The van der Waals surface area contributed by atoms with Crippen molar-refractivity contribution >= 4 is 17.4 Å². The van der Waals surface area contributed by atoms with Gasteiger partial charge in [0.15, 0.2) is 0 Å². The molecule has 1 saturated heterocycles. The van der Waals surface area contributed by atoms with E-state index in [1.807, 2.05) is 32.0 Å². The molecule has 0 radical (unpaired) electrons. The number of carbonyl (C=O) groups excluding carboxylic acids is 2. The van der Waals surface area contributed by atoms with E-state index in [-0.39, 0.29) is 24.5 Å². The fourth-order valence-electron chi connectivity index (χ4n) is 3.32. The van der Waals surface area contributed by atoms with Crippen molar-refractivity contribution in [3.05, 3.63) is 70.6 Å². The van der Waals surface area contributed by atoms with Gasteiger partial charge in [0.1, 0.15) is 5.76 Å². The van der Waals surface area contributed by atoms with Gasteiger partial charge in [-0.2, -0.15) is 0 Å². The Kier molecular flexibility index (Phi) is 5.37. The van der Waals surface area contributed by atoms with Crippen molar-refractivity contribution in [2.75, 3.05) is 20.3 Å². The van der Waals surface area contributed by atoms with Gasteiger partial charge in [-0.25, -0.2) is 0 Å². The summed E-state index contributed by atoms with van der Waals surface area (Å²) < 4.78 is 5.09. The molecule has 1 aliphatic heterocycles. The molecule has 0 saturated carbocycles. The first-order valence-electron chi connectivity index (χ1n) is 8.70. The highest BCUT2D eigenvalue weighted by Gasteiger charge is 2.46. The van der Waals surface area contributed by atoms with E-state index in [9.17, 15) is 14.7 Å². The molecule has 1 aromatic carbocycles. The molecule has 1 atom stereocenters. The zero-order valence-electron chi connectivity index (χ0n) is 15.6. The first kappa shape index (κ1) is 18.8. The summed E-state index contributed by atoms with van der Waals surface area (Å²) in [5.41, 5.74) is 3.07. The molecule has 0 unspecified atom stereocenters. The van der Waals surface area contributed by atoms with E-state index in [0.717, 1.165) is 11.1 Å². The van der Waals surface area contributed by atoms with Crippen LogP contribution in [0.4, 0.5) is 0 Å². The Morgan fingerprint density at radius 2 is 2.04 bits per heavy atom. The van der Waals surface area contributed by atoms with E-state index in [0.29, 0.717) is 11.1 Å². The minimum atomic E-state index is -0.700. The number of Topliss-reactive ketones (excluding diaryl/α,β-unsaturated/α-hetero) is 1. The standard InChI is InChI=1S/C21H22N2O4/c1-13-6-7-14(2)16(11-13)19(24)17-18(15-5-4-8-22-12-15)23(9-10-27-3)21(26)20(17)25/h4-8,11-12,18,24H,9-10H2,1-3H3/t18-/m0/s1. The van der Waals surface area contributed by atoms with Crippen LogP contribution in [-0.2, 0) is 14.3 Å². The minimum Gasteiger partial charge on any atom is -0.507 e. The van der Waals surface area contributed by atoms with Gasteiger partial charge in [-0.1, -0.05) is 23.8 Å². The number of hydrogen-bond acceptors (Lipinski definition) is 5. The predicted octanol–water partition coefficient (Wildman–Crippen LogP) is 2.77. The van der Waals surface area contributed by atoms with Gasteiger partial charge in [-0.3, -0.25) is 14.6 Å². The number of aliphatic hydroxyl groups is 1. The van der Waals surface area contributed by atoms with Gasteiger partial charge in [0.25, 0.3) is 11.7 Å². The van der Waals surface area contributed by atoms with Gasteiger partial charge in [0, 0.05) is 31.6 Å². The number of pyridine rings is 1. The van der Waals surface area contributed by atoms with Crippen LogP contribution in [0.3, 0.4) is 0 Å². The average molecular weight is 366 g/mol. The number of ether oxygens (including phenoxy) is 1. The molecular weight excluding hydrogens is 344 g/mol.